The summed E-state index contributed by atoms with van der Waals surface area (Å²) in [6.07, 6.45) is -8.29. The van der Waals surface area contributed by atoms with Gasteiger partial charge in [0.15, 0.2) is 17.3 Å². The van der Waals surface area contributed by atoms with Gasteiger partial charge in [-0.25, -0.2) is 0 Å². The van der Waals surface area contributed by atoms with Crippen LogP contribution in [0.25, 0.3) is 22.3 Å². The first kappa shape index (κ1) is 23.6. The van der Waals surface area contributed by atoms with Gasteiger partial charge in [0.2, 0.25) is 23.2 Å². The normalized spacial score (nSPS) is 24.8. The number of hydrogen-bond acceptors (Lipinski definition) is 12. The smallest absolute Gasteiger partial charge is 0.239 e. The molecule has 4 rings (SSSR count). The fourth-order valence-corrected chi connectivity index (χ4v) is 3.68. The van der Waals surface area contributed by atoms with Crippen LogP contribution in [0.4, 0.5) is 0 Å². The summed E-state index contributed by atoms with van der Waals surface area (Å²) in [5.41, 5.74) is -0.951. The Balaban J connectivity index is 1.93. The zero-order chi connectivity index (χ0) is 24.7. The lowest BCUT2D eigenvalue weighted by atomic mass is 9.99. The molecule has 34 heavy (non-hydrogen) atoms. The van der Waals surface area contributed by atoms with E-state index in [-0.39, 0.29) is 22.7 Å². The Morgan fingerprint density at radius 3 is 2.26 bits per heavy atom. The van der Waals surface area contributed by atoms with Crippen LogP contribution in [0.5, 0.6) is 28.7 Å². The van der Waals surface area contributed by atoms with Crippen molar-refractivity contribution in [3.63, 3.8) is 0 Å². The molecule has 2 aromatic carbocycles. The highest BCUT2D eigenvalue weighted by atomic mass is 16.7. The zero-order valence-electron chi connectivity index (χ0n) is 17.7. The molecule has 1 fully saturated rings. The number of benzene rings is 2. The van der Waals surface area contributed by atoms with Gasteiger partial charge in [-0.2, -0.15) is 0 Å². The van der Waals surface area contributed by atoms with Crippen LogP contribution in [0.2, 0.25) is 0 Å². The van der Waals surface area contributed by atoms with E-state index in [2.05, 4.69) is 0 Å². The van der Waals surface area contributed by atoms with Crippen LogP contribution in [0, 0.1) is 0 Å². The Bertz CT molecular complexity index is 1250. The summed E-state index contributed by atoms with van der Waals surface area (Å²) in [4.78, 5) is 13.4. The summed E-state index contributed by atoms with van der Waals surface area (Å²) in [5, 5.41) is 69.6. The SMILES string of the molecule is COc1c(O)cc2oc(-c3ccc(O)cc3)c(O[C@@H]3O[C@@H](CO)[C@H](O)[C@H](O)[C@@H]3O)c(=O)c2c1O. The van der Waals surface area contributed by atoms with E-state index in [0.29, 0.717) is 0 Å². The maximum atomic E-state index is 13.4. The predicted molar refractivity (Wildman–Crippen MR) is 114 cm³/mol. The summed E-state index contributed by atoms with van der Waals surface area (Å²) >= 11 is 0. The first-order chi connectivity index (χ1) is 16.2. The van der Waals surface area contributed by atoms with Gasteiger partial charge in [-0.1, -0.05) is 0 Å². The molecule has 7 N–H and O–H groups in total. The number of phenolic OH excluding ortho intramolecular Hbond substituents is 3. The average molecular weight is 478 g/mol. The third-order valence-electron chi connectivity index (χ3n) is 5.47. The molecule has 1 aliphatic heterocycles. The predicted octanol–water partition coefficient (Wildman–Crippen LogP) is -0.236. The summed E-state index contributed by atoms with van der Waals surface area (Å²) in [6, 6.07) is 6.45. The van der Waals surface area contributed by atoms with Crippen LogP contribution in [-0.2, 0) is 4.74 Å². The Labute approximate surface area is 191 Å². The van der Waals surface area contributed by atoms with Crippen molar-refractivity contribution in [2.75, 3.05) is 13.7 Å². The number of aliphatic hydroxyl groups is 4. The van der Waals surface area contributed by atoms with Crippen LogP contribution in [0.3, 0.4) is 0 Å². The number of aliphatic hydroxyl groups excluding tert-OH is 4. The summed E-state index contributed by atoms with van der Waals surface area (Å²) in [7, 11) is 1.17. The van der Waals surface area contributed by atoms with Crippen molar-refractivity contribution in [3.05, 3.63) is 40.6 Å². The summed E-state index contributed by atoms with van der Waals surface area (Å²) in [6.45, 7) is -0.723. The minimum Gasteiger partial charge on any atom is -0.508 e. The van der Waals surface area contributed by atoms with Gasteiger partial charge in [0.1, 0.15) is 41.1 Å². The number of ether oxygens (including phenoxy) is 3. The molecule has 0 spiro atoms. The van der Waals surface area contributed by atoms with E-state index < -0.39 is 71.1 Å². The number of rotatable bonds is 5. The molecule has 12 heteroatoms. The van der Waals surface area contributed by atoms with Crippen LogP contribution in [-0.4, -0.2) is 80.2 Å². The molecule has 1 saturated heterocycles. The lowest BCUT2D eigenvalue weighted by Gasteiger charge is -2.39. The molecular formula is C22H22O12. The zero-order valence-corrected chi connectivity index (χ0v) is 17.7. The lowest BCUT2D eigenvalue weighted by Crippen LogP contribution is -2.60. The van der Waals surface area contributed by atoms with Gasteiger partial charge in [0.25, 0.3) is 0 Å². The Morgan fingerprint density at radius 1 is 0.971 bits per heavy atom. The molecule has 1 aliphatic rings. The Hall–Kier alpha value is -3.55. The van der Waals surface area contributed by atoms with Crippen LogP contribution in [0.15, 0.2) is 39.5 Å². The molecule has 1 aromatic heterocycles. The fraction of sp³-hybridized carbons (Fsp3) is 0.318. The van der Waals surface area contributed by atoms with Crippen molar-refractivity contribution >= 4 is 11.0 Å². The number of hydrogen-bond donors (Lipinski definition) is 7. The van der Waals surface area contributed by atoms with Gasteiger partial charge >= 0.3 is 0 Å². The number of fused-ring (bicyclic) bond motifs is 1. The van der Waals surface area contributed by atoms with Crippen molar-refractivity contribution < 1.29 is 54.4 Å². The average Bonchev–Trinajstić information content (AvgIpc) is 2.81. The van der Waals surface area contributed by atoms with E-state index in [4.69, 9.17) is 18.6 Å². The molecule has 0 bridgehead atoms. The maximum absolute atomic E-state index is 13.4. The fourth-order valence-electron chi connectivity index (χ4n) is 3.68. The van der Waals surface area contributed by atoms with Crippen molar-refractivity contribution in [1.29, 1.82) is 0 Å². The van der Waals surface area contributed by atoms with Gasteiger partial charge in [0.05, 0.1) is 13.7 Å². The van der Waals surface area contributed by atoms with Gasteiger partial charge in [-0.3, -0.25) is 4.79 Å². The number of phenols is 3. The standard InChI is InChI=1S/C22H22O12/c1-31-20-10(25)6-11-13(15(20)27)16(28)21(19(32-11)8-2-4-9(24)5-3-8)34-22-18(30)17(29)14(26)12(7-23)33-22/h2-6,12,14,17-18,22-27,29-30H,7H2,1H3/t12-,14-,17-,18-,22-/m0/s1. The van der Waals surface area contributed by atoms with Crippen LogP contribution in [0.1, 0.15) is 0 Å². The molecule has 12 nitrogen and oxygen atoms in total. The van der Waals surface area contributed by atoms with Crippen LogP contribution < -0.4 is 14.9 Å². The largest absolute Gasteiger partial charge is 0.508 e. The van der Waals surface area contributed by atoms with Gasteiger partial charge in [-0.05, 0) is 24.3 Å². The molecule has 0 saturated carbocycles. The van der Waals surface area contributed by atoms with Gasteiger partial charge in [0, 0.05) is 11.6 Å². The number of aromatic hydroxyl groups is 3. The second-order valence-electron chi connectivity index (χ2n) is 7.60. The highest BCUT2D eigenvalue weighted by molar-refractivity contribution is 5.91. The summed E-state index contributed by atoms with van der Waals surface area (Å²) < 4.78 is 21.6. The molecule has 3 aromatic rings. The van der Waals surface area contributed by atoms with E-state index >= 15 is 0 Å². The van der Waals surface area contributed by atoms with Crippen molar-refractivity contribution in [2.45, 2.75) is 30.7 Å². The monoisotopic (exact) mass is 478 g/mol. The van der Waals surface area contributed by atoms with E-state index in [0.717, 1.165) is 6.07 Å². The molecule has 0 radical (unpaired) electrons. The molecule has 0 amide bonds. The van der Waals surface area contributed by atoms with Gasteiger partial charge < -0.3 is 54.4 Å². The third-order valence-corrected chi connectivity index (χ3v) is 5.47. The molecular weight excluding hydrogens is 456 g/mol. The second kappa shape index (κ2) is 9.00. The van der Waals surface area contributed by atoms with E-state index in [9.17, 15) is 40.5 Å². The molecule has 0 aliphatic carbocycles. The van der Waals surface area contributed by atoms with Crippen molar-refractivity contribution in [1.82, 2.24) is 0 Å². The quantitative estimate of drug-likeness (QED) is 0.254. The molecule has 182 valence electrons. The topological polar surface area (TPSA) is 200 Å². The summed E-state index contributed by atoms with van der Waals surface area (Å²) in [5.74, 6) is -2.50. The highest BCUT2D eigenvalue weighted by Crippen LogP contribution is 2.43. The molecule has 0 unspecified atom stereocenters. The first-order valence-electron chi connectivity index (χ1n) is 10.0. The first-order valence-corrected chi connectivity index (χ1v) is 10.0. The molecule has 2 heterocycles. The minimum absolute atomic E-state index is 0.0803. The van der Waals surface area contributed by atoms with Gasteiger partial charge in [-0.15, -0.1) is 0 Å². The van der Waals surface area contributed by atoms with Crippen molar-refractivity contribution in [3.8, 4) is 40.1 Å². The second-order valence-corrected chi connectivity index (χ2v) is 7.60. The Kier molecular flexibility index (Phi) is 6.25. The van der Waals surface area contributed by atoms with E-state index in [1.165, 1.54) is 31.4 Å². The van der Waals surface area contributed by atoms with Crippen molar-refractivity contribution in [2.24, 2.45) is 0 Å². The third kappa shape index (κ3) is 3.87. The number of methoxy groups -OCH3 is 1. The van der Waals surface area contributed by atoms with E-state index in [1.54, 1.807) is 0 Å². The minimum atomic E-state index is -1.83. The highest BCUT2D eigenvalue weighted by Gasteiger charge is 2.45. The molecule has 5 atom stereocenters. The van der Waals surface area contributed by atoms with E-state index in [1.807, 2.05) is 0 Å². The van der Waals surface area contributed by atoms with Crippen LogP contribution >= 0.6 is 0 Å². The lowest BCUT2D eigenvalue weighted by molar-refractivity contribution is -0.277. The maximum Gasteiger partial charge on any atom is 0.239 e. The Morgan fingerprint density at radius 2 is 1.65 bits per heavy atom.